The molecule has 0 aromatic heterocycles. The SMILES string of the molecule is COc1cc(C(=O)O)cc(NS(=O)(=O)C2CC2)c1OC. The van der Waals surface area contributed by atoms with Gasteiger partial charge >= 0.3 is 5.97 Å². The van der Waals surface area contributed by atoms with Crippen molar-refractivity contribution < 1.29 is 27.8 Å². The number of hydrogen-bond donors (Lipinski definition) is 2. The van der Waals surface area contributed by atoms with Gasteiger partial charge in [0.25, 0.3) is 0 Å². The number of ether oxygens (including phenoxy) is 2. The molecule has 1 saturated carbocycles. The van der Waals surface area contributed by atoms with Crippen LogP contribution < -0.4 is 14.2 Å². The van der Waals surface area contributed by atoms with Gasteiger partial charge in [-0.25, -0.2) is 13.2 Å². The van der Waals surface area contributed by atoms with Crippen molar-refractivity contribution in [2.45, 2.75) is 18.1 Å². The number of rotatable bonds is 6. The zero-order valence-corrected chi connectivity index (χ0v) is 11.9. The first-order valence-corrected chi connectivity index (χ1v) is 7.44. The van der Waals surface area contributed by atoms with Crippen molar-refractivity contribution in [3.05, 3.63) is 17.7 Å². The Morgan fingerprint density at radius 1 is 1.30 bits per heavy atom. The molecule has 0 aliphatic heterocycles. The van der Waals surface area contributed by atoms with E-state index in [-0.39, 0.29) is 22.7 Å². The maximum absolute atomic E-state index is 12.0. The highest BCUT2D eigenvalue weighted by Crippen LogP contribution is 2.39. The quantitative estimate of drug-likeness (QED) is 0.821. The third-order valence-corrected chi connectivity index (χ3v) is 4.79. The van der Waals surface area contributed by atoms with Gasteiger partial charge in [-0.05, 0) is 25.0 Å². The summed E-state index contributed by atoms with van der Waals surface area (Å²) in [6, 6.07) is 2.49. The Morgan fingerprint density at radius 3 is 2.40 bits per heavy atom. The lowest BCUT2D eigenvalue weighted by molar-refractivity contribution is 0.0696. The van der Waals surface area contributed by atoms with Crippen LogP contribution in [0.3, 0.4) is 0 Å². The number of carboxylic acid groups (broad SMARTS) is 1. The van der Waals surface area contributed by atoms with Crippen LogP contribution >= 0.6 is 0 Å². The minimum absolute atomic E-state index is 0.0659. The predicted molar refractivity (Wildman–Crippen MR) is 72.1 cm³/mol. The van der Waals surface area contributed by atoms with Crippen LogP contribution in [0, 0.1) is 0 Å². The fourth-order valence-electron chi connectivity index (χ4n) is 1.78. The average Bonchev–Trinajstić information content (AvgIpc) is 3.21. The predicted octanol–water partition coefficient (Wildman–Crippen LogP) is 1.31. The van der Waals surface area contributed by atoms with Crippen LogP contribution in [0.5, 0.6) is 11.5 Å². The highest BCUT2D eigenvalue weighted by atomic mass is 32.2. The van der Waals surface area contributed by atoms with Crippen LogP contribution in [0.4, 0.5) is 5.69 Å². The molecule has 2 rings (SSSR count). The Hall–Kier alpha value is -1.96. The van der Waals surface area contributed by atoms with Gasteiger partial charge in [-0.2, -0.15) is 0 Å². The van der Waals surface area contributed by atoms with Gasteiger partial charge in [0.15, 0.2) is 11.5 Å². The normalized spacial score (nSPS) is 14.7. The summed E-state index contributed by atoms with van der Waals surface area (Å²) in [4.78, 5) is 11.1. The van der Waals surface area contributed by atoms with Crippen LogP contribution in [0.15, 0.2) is 12.1 Å². The van der Waals surface area contributed by atoms with E-state index in [1.54, 1.807) is 0 Å². The molecule has 1 aromatic carbocycles. The first kappa shape index (κ1) is 14.4. The number of anilines is 1. The van der Waals surface area contributed by atoms with Gasteiger partial charge in [-0.1, -0.05) is 0 Å². The molecule has 0 radical (unpaired) electrons. The fraction of sp³-hybridized carbons (Fsp3) is 0.417. The van der Waals surface area contributed by atoms with Gasteiger partial charge in [0.2, 0.25) is 10.0 Å². The van der Waals surface area contributed by atoms with E-state index in [0.29, 0.717) is 12.8 Å². The molecule has 1 aliphatic rings. The molecule has 2 N–H and O–H groups in total. The van der Waals surface area contributed by atoms with Gasteiger partial charge in [-0.15, -0.1) is 0 Å². The van der Waals surface area contributed by atoms with Crippen LogP contribution in [-0.2, 0) is 10.0 Å². The molecule has 20 heavy (non-hydrogen) atoms. The van der Waals surface area contributed by atoms with E-state index in [9.17, 15) is 13.2 Å². The molecule has 0 heterocycles. The van der Waals surface area contributed by atoms with Crippen molar-refractivity contribution in [1.29, 1.82) is 0 Å². The van der Waals surface area contributed by atoms with E-state index in [0.717, 1.165) is 0 Å². The van der Waals surface area contributed by atoms with E-state index < -0.39 is 21.2 Å². The van der Waals surface area contributed by atoms with Crippen molar-refractivity contribution in [1.82, 2.24) is 0 Å². The Labute approximate surface area is 116 Å². The van der Waals surface area contributed by atoms with Gasteiger partial charge < -0.3 is 14.6 Å². The summed E-state index contributed by atoms with van der Waals surface area (Å²) in [6.07, 6.45) is 1.21. The number of methoxy groups -OCH3 is 2. The third kappa shape index (κ3) is 2.79. The topological polar surface area (TPSA) is 102 Å². The van der Waals surface area contributed by atoms with Crippen LogP contribution in [0.25, 0.3) is 0 Å². The van der Waals surface area contributed by atoms with Gasteiger partial charge in [-0.3, -0.25) is 4.72 Å². The number of nitrogens with one attached hydrogen (secondary N) is 1. The summed E-state index contributed by atoms with van der Waals surface area (Å²) in [5, 5.41) is 8.61. The molecule has 0 spiro atoms. The Balaban J connectivity index is 2.48. The minimum atomic E-state index is -3.52. The van der Waals surface area contributed by atoms with Gasteiger partial charge in [0, 0.05) is 0 Å². The molecular weight excluding hydrogens is 286 g/mol. The monoisotopic (exact) mass is 301 g/mol. The number of benzene rings is 1. The summed E-state index contributed by atoms with van der Waals surface area (Å²) < 4.78 is 36.4. The Kier molecular flexibility index (Phi) is 3.76. The third-order valence-electron chi connectivity index (χ3n) is 2.94. The largest absolute Gasteiger partial charge is 0.493 e. The molecule has 0 amide bonds. The molecular formula is C12H15NO6S. The smallest absolute Gasteiger partial charge is 0.335 e. The Bertz CT molecular complexity index is 636. The van der Waals surface area contributed by atoms with Crippen molar-refractivity contribution >= 4 is 21.7 Å². The standard InChI is InChI=1S/C12H15NO6S/c1-18-10-6-7(12(14)15)5-9(11(10)19-2)13-20(16,17)8-3-4-8/h5-6,8,13H,3-4H2,1-2H3,(H,14,15). The summed E-state index contributed by atoms with van der Waals surface area (Å²) in [7, 11) is -0.814. The number of carboxylic acids is 1. The number of carbonyl (C=O) groups is 1. The lowest BCUT2D eigenvalue weighted by atomic mass is 10.1. The van der Waals surface area contributed by atoms with E-state index in [1.165, 1.54) is 26.4 Å². The Morgan fingerprint density at radius 2 is 1.95 bits per heavy atom. The molecule has 7 nitrogen and oxygen atoms in total. The summed E-state index contributed by atoms with van der Waals surface area (Å²) in [5.41, 5.74) is -0.0210. The van der Waals surface area contributed by atoms with Crippen LogP contribution in [0.2, 0.25) is 0 Å². The average molecular weight is 301 g/mol. The summed E-state index contributed by atoms with van der Waals surface area (Å²) in [6.45, 7) is 0. The summed E-state index contributed by atoms with van der Waals surface area (Å²) >= 11 is 0. The van der Waals surface area contributed by atoms with E-state index in [2.05, 4.69) is 4.72 Å². The van der Waals surface area contributed by atoms with Crippen LogP contribution in [0.1, 0.15) is 23.2 Å². The number of sulfonamides is 1. The van der Waals surface area contributed by atoms with Gasteiger partial charge in [0.05, 0.1) is 30.7 Å². The molecule has 1 aromatic rings. The summed E-state index contributed by atoms with van der Waals surface area (Å²) in [5.74, 6) is -0.875. The molecule has 110 valence electrons. The van der Waals surface area contributed by atoms with Crippen molar-refractivity contribution in [2.24, 2.45) is 0 Å². The molecule has 1 fully saturated rings. The second-order valence-corrected chi connectivity index (χ2v) is 6.37. The minimum Gasteiger partial charge on any atom is -0.493 e. The van der Waals surface area contributed by atoms with Crippen molar-refractivity contribution in [2.75, 3.05) is 18.9 Å². The first-order chi connectivity index (χ1) is 9.39. The first-order valence-electron chi connectivity index (χ1n) is 5.90. The second-order valence-electron chi connectivity index (χ2n) is 4.41. The number of hydrogen-bond acceptors (Lipinski definition) is 5. The highest BCUT2D eigenvalue weighted by Gasteiger charge is 2.36. The highest BCUT2D eigenvalue weighted by molar-refractivity contribution is 7.93. The molecule has 0 atom stereocenters. The van der Waals surface area contributed by atoms with E-state index in [1.807, 2.05) is 0 Å². The van der Waals surface area contributed by atoms with Crippen molar-refractivity contribution in [3.63, 3.8) is 0 Å². The maximum Gasteiger partial charge on any atom is 0.335 e. The molecule has 8 heteroatoms. The molecule has 0 unspecified atom stereocenters. The van der Waals surface area contributed by atoms with Crippen LogP contribution in [-0.4, -0.2) is 39.0 Å². The molecule has 1 aliphatic carbocycles. The van der Waals surface area contributed by atoms with Gasteiger partial charge in [0.1, 0.15) is 0 Å². The van der Waals surface area contributed by atoms with E-state index >= 15 is 0 Å². The zero-order chi connectivity index (χ0) is 14.9. The lowest BCUT2D eigenvalue weighted by Crippen LogP contribution is -2.18. The maximum atomic E-state index is 12.0. The molecule has 0 saturated heterocycles. The zero-order valence-electron chi connectivity index (χ0n) is 11.0. The van der Waals surface area contributed by atoms with E-state index in [4.69, 9.17) is 14.6 Å². The molecule has 0 bridgehead atoms. The van der Waals surface area contributed by atoms with Crippen molar-refractivity contribution in [3.8, 4) is 11.5 Å². The number of aromatic carboxylic acids is 1. The lowest BCUT2D eigenvalue weighted by Gasteiger charge is -2.15. The second kappa shape index (κ2) is 5.20. The fourth-order valence-corrected chi connectivity index (χ4v) is 3.16.